The largest absolute Gasteiger partial charge is 0.424 e. The van der Waals surface area contributed by atoms with Crippen molar-refractivity contribution in [2.24, 2.45) is 0 Å². The van der Waals surface area contributed by atoms with E-state index in [1.807, 2.05) is 6.07 Å². The second-order valence-corrected chi connectivity index (χ2v) is 3.10. The summed E-state index contributed by atoms with van der Waals surface area (Å²) >= 11 is 0. The van der Waals surface area contributed by atoms with Crippen LogP contribution >= 0.6 is 0 Å². The zero-order chi connectivity index (χ0) is 11.4. The monoisotopic (exact) mass is 215 g/mol. The summed E-state index contributed by atoms with van der Waals surface area (Å²) in [6, 6.07) is 11.8. The van der Waals surface area contributed by atoms with E-state index in [1.54, 1.807) is 36.4 Å². The van der Waals surface area contributed by atoms with Crippen LogP contribution in [0.1, 0.15) is 10.5 Å². The number of para-hydroxylation sites is 1. The Bertz CT molecular complexity index is 502. The van der Waals surface area contributed by atoms with Crippen molar-refractivity contribution in [3.05, 3.63) is 54.4 Å². The molecule has 0 bridgehead atoms. The predicted octanol–water partition coefficient (Wildman–Crippen LogP) is 2.35. The van der Waals surface area contributed by atoms with Gasteiger partial charge < -0.3 is 4.74 Å². The first kappa shape index (κ1) is 10.2. The molecule has 1 heterocycles. The van der Waals surface area contributed by atoms with E-state index in [1.165, 1.54) is 6.20 Å². The van der Waals surface area contributed by atoms with E-state index in [4.69, 9.17) is 4.74 Å². The second-order valence-electron chi connectivity index (χ2n) is 3.10. The van der Waals surface area contributed by atoms with Crippen LogP contribution in [-0.4, -0.2) is 16.9 Å². The third kappa shape index (κ3) is 2.00. The molecule has 0 saturated heterocycles. The molecule has 80 valence electrons. The van der Waals surface area contributed by atoms with Crippen molar-refractivity contribution in [1.82, 2.24) is 4.57 Å². The molecule has 0 aliphatic heterocycles. The Morgan fingerprint density at radius 2 is 1.88 bits per heavy atom. The minimum absolute atomic E-state index is 0.265. The van der Waals surface area contributed by atoms with Crippen LogP contribution in [0.3, 0.4) is 0 Å². The molecule has 1 aromatic heterocycles. The smallest absolute Gasteiger partial charge is 0.410 e. The van der Waals surface area contributed by atoms with Crippen molar-refractivity contribution in [2.75, 3.05) is 0 Å². The predicted molar refractivity (Wildman–Crippen MR) is 57.7 cm³/mol. The summed E-state index contributed by atoms with van der Waals surface area (Å²) in [4.78, 5) is 22.3. The highest BCUT2D eigenvalue weighted by Gasteiger charge is 2.10. The molecule has 1 aromatic carbocycles. The summed E-state index contributed by atoms with van der Waals surface area (Å²) in [5.74, 6) is 0.443. The molecule has 0 N–H and O–H groups in total. The van der Waals surface area contributed by atoms with Crippen LogP contribution in [0.25, 0.3) is 0 Å². The maximum absolute atomic E-state index is 11.6. The number of rotatable bonds is 2. The Balaban J connectivity index is 2.18. The van der Waals surface area contributed by atoms with Crippen LogP contribution in [0.2, 0.25) is 0 Å². The quantitative estimate of drug-likeness (QED) is 0.722. The Morgan fingerprint density at radius 1 is 1.12 bits per heavy atom. The van der Waals surface area contributed by atoms with Crippen molar-refractivity contribution in [1.29, 1.82) is 0 Å². The maximum Gasteiger partial charge on any atom is 0.424 e. The molecule has 0 amide bonds. The van der Waals surface area contributed by atoms with Gasteiger partial charge in [-0.05, 0) is 24.3 Å². The molecule has 0 aliphatic carbocycles. The normalized spacial score (nSPS) is 9.75. The molecule has 0 saturated carbocycles. The summed E-state index contributed by atoms with van der Waals surface area (Å²) in [7, 11) is 0. The molecule has 4 nitrogen and oxygen atoms in total. The van der Waals surface area contributed by atoms with Crippen LogP contribution in [0, 0.1) is 0 Å². The Morgan fingerprint density at radius 3 is 2.56 bits per heavy atom. The molecule has 0 radical (unpaired) electrons. The van der Waals surface area contributed by atoms with E-state index in [2.05, 4.69) is 0 Å². The molecule has 2 rings (SSSR count). The highest BCUT2D eigenvalue weighted by molar-refractivity contribution is 5.83. The van der Waals surface area contributed by atoms with E-state index in [-0.39, 0.29) is 5.69 Å². The Labute approximate surface area is 92.1 Å². The lowest BCUT2D eigenvalue weighted by atomic mass is 10.3. The van der Waals surface area contributed by atoms with Gasteiger partial charge in [-0.1, -0.05) is 18.2 Å². The average Bonchev–Trinajstić information content (AvgIpc) is 2.78. The van der Waals surface area contributed by atoms with Gasteiger partial charge in [-0.3, -0.25) is 4.79 Å². The molecule has 0 fully saturated rings. The van der Waals surface area contributed by atoms with Gasteiger partial charge in [0, 0.05) is 6.20 Å². The second kappa shape index (κ2) is 4.44. The summed E-state index contributed by atoms with van der Waals surface area (Å²) in [6.07, 6.45) is 1.49. The Hall–Kier alpha value is -2.36. The van der Waals surface area contributed by atoms with Gasteiger partial charge in [0.2, 0.25) is 0 Å². The molecule has 2 aromatic rings. The lowest BCUT2D eigenvalue weighted by molar-refractivity contribution is 0.111. The van der Waals surface area contributed by atoms with Gasteiger partial charge in [0.25, 0.3) is 0 Å². The van der Waals surface area contributed by atoms with Gasteiger partial charge in [0.15, 0.2) is 6.29 Å². The van der Waals surface area contributed by atoms with Crippen molar-refractivity contribution in [3.8, 4) is 5.75 Å². The minimum atomic E-state index is -0.599. The first-order chi connectivity index (χ1) is 7.81. The van der Waals surface area contributed by atoms with Gasteiger partial charge in [0.05, 0.1) is 5.69 Å². The number of nitrogens with zero attached hydrogens (tertiary/aromatic N) is 1. The summed E-state index contributed by atoms with van der Waals surface area (Å²) in [6.45, 7) is 0. The van der Waals surface area contributed by atoms with Crippen molar-refractivity contribution >= 4 is 12.4 Å². The molecule has 4 heteroatoms. The fraction of sp³-hybridized carbons (Fsp3) is 0. The highest BCUT2D eigenvalue weighted by atomic mass is 16.6. The number of hydrogen-bond donors (Lipinski definition) is 0. The van der Waals surface area contributed by atoms with E-state index in [9.17, 15) is 9.59 Å². The van der Waals surface area contributed by atoms with Crippen molar-refractivity contribution in [2.45, 2.75) is 0 Å². The number of aromatic nitrogens is 1. The lowest BCUT2D eigenvalue weighted by Crippen LogP contribution is -2.17. The first-order valence-electron chi connectivity index (χ1n) is 4.71. The third-order valence-electron chi connectivity index (χ3n) is 2.05. The van der Waals surface area contributed by atoms with E-state index < -0.39 is 6.09 Å². The summed E-state index contributed by atoms with van der Waals surface area (Å²) < 4.78 is 6.22. The highest BCUT2D eigenvalue weighted by Crippen LogP contribution is 2.10. The molecule has 0 atom stereocenters. The topological polar surface area (TPSA) is 48.3 Å². The fourth-order valence-electron chi connectivity index (χ4n) is 1.29. The molecule has 0 unspecified atom stereocenters. The van der Waals surface area contributed by atoms with Crippen LogP contribution in [0.15, 0.2) is 48.7 Å². The number of aldehydes is 1. The number of ether oxygens (including phenoxy) is 1. The van der Waals surface area contributed by atoms with Crippen LogP contribution in [0.4, 0.5) is 4.79 Å². The lowest BCUT2D eigenvalue weighted by Gasteiger charge is -2.05. The SMILES string of the molecule is O=Cc1cccn1C(=O)Oc1ccccc1. The van der Waals surface area contributed by atoms with Gasteiger partial charge in [-0.15, -0.1) is 0 Å². The molecule has 16 heavy (non-hydrogen) atoms. The van der Waals surface area contributed by atoms with Crippen LogP contribution in [0.5, 0.6) is 5.75 Å². The van der Waals surface area contributed by atoms with E-state index in [0.29, 0.717) is 12.0 Å². The van der Waals surface area contributed by atoms with Crippen molar-refractivity contribution in [3.63, 3.8) is 0 Å². The van der Waals surface area contributed by atoms with Gasteiger partial charge in [-0.2, -0.15) is 0 Å². The van der Waals surface area contributed by atoms with Crippen molar-refractivity contribution < 1.29 is 14.3 Å². The number of carbonyl (C=O) groups excluding carboxylic acids is 2. The molecule has 0 aliphatic rings. The van der Waals surface area contributed by atoms with E-state index >= 15 is 0 Å². The minimum Gasteiger partial charge on any atom is -0.410 e. The molecular formula is C12H9NO3. The average molecular weight is 215 g/mol. The number of benzene rings is 1. The van der Waals surface area contributed by atoms with Gasteiger partial charge in [0.1, 0.15) is 5.75 Å². The van der Waals surface area contributed by atoms with E-state index in [0.717, 1.165) is 4.57 Å². The standard InChI is InChI=1S/C12H9NO3/c14-9-10-5-4-8-13(10)12(15)16-11-6-2-1-3-7-11/h1-9H. The molecule has 0 spiro atoms. The Kier molecular flexibility index (Phi) is 2.82. The number of hydrogen-bond acceptors (Lipinski definition) is 3. The first-order valence-corrected chi connectivity index (χ1v) is 4.71. The number of carbonyl (C=O) groups is 2. The third-order valence-corrected chi connectivity index (χ3v) is 2.05. The van der Waals surface area contributed by atoms with Gasteiger partial charge >= 0.3 is 6.09 Å². The fourth-order valence-corrected chi connectivity index (χ4v) is 1.29. The summed E-state index contributed by atoms with van der Waals surface area (Å²) in [5.41, 5.74) is 0.265. The van der Waals surface area contributed by atoms with Gasteiger partial charge in [-0.25, -0.2) is 9.36 Å². The zero-order valence-corrected chi connectivity index (χ0v) is 8.37. The van der Waals surface area contributed by atoms with Crippen LogP contribution < -0.4 is 4.74 Å². The van der Waals surface area contributed by atoms with Crippen LogP contribution in [-0.2, 0) is 0 Å². The zero-order valence-electron chi connectivity index (χ0n) is 8.37. The maximum atomic E-state index is 11.6. The molecular weight excluding hydrogens is 206 g/mol. The summed E-state index contributed by atoms with van der Waals surface area (Å²) in [5, 5.41) is 0.